The normalized spacial score (nSPS) is 10.8. The fraction of sp³-hybridized carbons (Fsp3) is 0.0667. The molecule has 0 saturated carbocycles. The Morgan fingerprint density at radius 1 is 1.05 bits per heavy atom. The van der Waals surface area contributed by atoms with Gasteiger partial charge in [0, 0.05) is 23.5 Å². The smallest absolute Gasteiger partial charge is 0.147 e. The number of aromatic nitrogens is 2. The number of aromatic hydroxyl groups is 1. The van der Waals surface area contributed by atoms with Crippen LogP contribution in [0.25, 0.3) is 10.9 Å². The summed E-state index contributed by atoms with van der Waals surface area (Å²) in [6.07, 6.45) is 3.28. The lowest BCUT2D eigenvalue weighted by Crippen LogP contribution is -1.90. The SMILES string of the molecule is Oc1cccnc1SCc1ccc(F)c2cccnc12. The molecule has 0 aliphatic heterocycles. The predicted molar refractivity (Wildman–Crippen MR) is 77.2 cm³/mol. The van der Waals surface area contributed by atoms with E-state index in [4.69, 9.17) is 0 Å². The van der Waals surface area contributed by atoms with Gasteiger partial charge in [-0.05, 0) is 35.9 Å². The second kappa shape index (κ2) is 5.46. The van der Waals surface area contributed by atoms with E-state index in [1.807, 2.05) is 0 Å². The molecule has 0 amide bonds. The van der Waals surface area contributed by atoms with Crippen molar-refractivity contribution in [3.05, 3.63) is 60.2 Å². The minimum absolute atomic E-state index is 0.150. The largest absolute Gasteiger partial charge is 0.505 e. The second-order valence-corrected chi connectivity index (χ2v) is 5.19. The van der Waals surface area contributed by atoms with Gasteiger partial charge in [-0.3, -0.25) is 4.98 Å². The molecule has 3 aromatic rings. The molecule has 2 aromatic heterocycles. The number of hydrogen-bond donors (Lipinski definition) is 1. The highest BCUT2D eigenvalue weighted by atomic mass is 32.2. The quantitative estimate of drug-likeness (QED) is 0.745. The van der Waals surface area contributed by atoms with Crippen molar-refractivity contribution in [3.8, 4) is 5.75 Å². The highest BCUT2D eigenvalue weighted by Crippen LogP contribution is 2.30. The fourth-order valence-corrected chi connectivity index (χ4v) is 2.83. The zero-order chi connectivity index (χ0) is 13.9. The average molecular weight is 286 g/mol. The number of fused-ring (bicyclic) bond motifs is 1. The van der Waals surface area contributed by atoms with Crippen LogP contribution in [0.3, 0.4) is 0 Å². The van der Waals surface area contributed by atoms with Gasteiger partial charge < -0.3 is 5.11 Å². The van der Waals surface area contributed by atoms with Gasteiger partial charge in [-0.1, -0.05) is 17.8 Å². The molecular formula is C15H11FN2OS. The van der Waals surface area contributed by atoms with Crippen LogP contribution < -0.4 is 0 Å². The van der Waals surface area contributed by atoms with Crippen molar-refractivity contribution in [1.29, 1.82) is 0 Å². The van der Waals surface area contributed by atoms with E-state index in [0.29, 0.717) is 21.7 Å². The van der Waals surface area contributed by atoms with Crippen molar-refractivity contribution < 1.29 is 9.50 Å². The van der Waals surface area contributed by atoms with Crippen LogP contribution in [-0.2, 0) is 5.75 Å². The van der Waals surface area contributed by atoms with Gasteiger partial charge in [0.25, 0.3) is 0 Å². The highest BCUT2D eigenvalue weighted by molar-refractivity contribution is 7.98. The highest BCUT2D eigenvalue weighted by Gasteiger charge is 2.09. The molecule has 0 radical (unpaired) electrons. The van der Waals surface area contributed by atoms with Crippen molar-refractivity contribution >= 4 is 22.7 Å². The summed E-state index contributed by atoms with van der Waals surface area (Å²) in [5, 5.41) is 10.8. The van der Waals surface area contributed by atoms with Gasteiger partial charge in [0.2, 0.25) is 0 Å². The van der Waals surface area contributed by atoms with Crippen LogP contribution in [0.15, 0.2) is 53.8 Å². The molecule has 1 aromatic carbocycles. The van der Waals surface area contributed by atoms with E-state index in [1.165, 1.54) is 17.8 Å². The number of rotatable bonds is 3. The van der Waals surface area contributed by atoms with Gasteiger partial charge in [-0.25, -0.2) is 9.37 Å². The first-order chi connectivity index (χ1) is 9.75. The molecule has 20 heavy (non-hydrogen) atoms. The zero-order valence-electron chi connectivity index (χ0n) is 10.5. The second-order valence-electron chi connectivity index (χ2n) is 4.22. The first kappa shape index (κ1) is 12.9. The Kier molecular flexibility index (Phi) is 3.52. The van der Waals surface area contributed by atoms with E-state index in [9.17, 15) is 9.50 Å². The number of hydrogen-bond acceptors (Lipinski definition) is 4. The van der Waals surface area contributed by atoms with Crippen LogP contribution in [0.2, 0.25) is 0 Å². The van der Waals surface area contributed by atoms with Gasteiger partial charge in [0.1, 0.15) is 16.6 Å². The maximum Gasteiger partial charge on any atom is 0.147 e. The lowest BCUT2D eigenvalue weighted by molar-refractivity contribution is 0.457. The van der Waals surface area contributed by atoms with E-state index in [0.717, 1.165) is 5.56 Å². The molecule has 0 atom stereocenters. The summed E-state index contributed by atoms with van der Waals surface area (Å²) in [5.41, 5.74) is 1.56. The van der Waals surface area contributed by atoms with Crippen molar-refractivity contribution in [2.45, 2.75) is 10.8 Å². The lowest BCUT2D eigenvalue weighted by Gasteiger charge is -2.07. The van der Waals surface area contributed by atoms with Crippen LogP contribution in [0.4, 0.5) is 4.39 Å². The van der Waals surface area contributed by atoms with Crippen LogP contribution in [-0.4, -0.2) is 15.1 Å². The first-order valence-electron chi connectivity index (χ1n) is 6.04. The Morgan fingerprint density at radius 2 is 1.85 bits per heavy atom. The fourth-order valence-electron chi connectivity index (χ4n) is 1.95. The molecule has 100 valence electrons. The molecule has 0 aliphatic carbocycles. The Balaban J connectivity index is 1.92. The number of thioether (sulfide) groups is 1. The van der Waals surface area contributed by atoms with Gasteiger partial charge in [-0.15, -0.1) is 0 Å². The van der Waals surface area contributed by atoms with E-state index >= 15 is 0 Å². The summed E-state index contributed by atoms with van der Waals surface area (Å²) >= 11 is 1.40. The first-order valence-corrected chi connectivity index (χ1v) is 7.03. The third-order valence-corrected chi connectivity index (χ3v) is 3.96. The number of pyridine rings is 2. The van der Waals surface area contributed by atoms with E-state index in [-0.39, 0.29) is 11.6 Å². The van der Waals surface area contributed by atoms with Crippen molar-refractivity contribution in [3.63, 3.8) is 0 Å². The Bertz CT molecular complexity index is 764. The summed E-state index contributed by atoms with van der Waals surface area (Å²) in [5.74, 6) is 0.442. The molecule has 0 unspecified atom stereocenters. The van der Waals surface area contributed by atoms with Crippen LogP contribution in [0.1, 0.15) is 5.56 Å². The molecule has 0 spiro atoms. The minimum Gasteiger partial charge on any atom is -0.505 e. The topological polar surface area (TPSA) is 46.0 Å². The van der Waals surface area contributed by atoms with E-state index in [2.05, 4.69) is 9.97 Å². The number of benzene rings is 1. The molecular weight excluding hydrogens is 275 g/mol. The van der Waals surface area contributed by atoms with Gasteiger partial charge in [-0.2, -0.15) is 0 Å². The van der Waals surface area contributed by atoms with Gasteiger partial charge in [0.05, 0.1) is 5.52 Å². The summed E-state index contributed by atoms with van der Waals surface area (Å²) < 4.78 is 13.7. The molecule has 1 N–H and O–H groups in total. The Labute approximate surface area is 119 Å². The van der Waals surface area contributed by atoms with Crippen LogP contribution >= 0.6 is 11.8 Å². The summed E-state index contributed by atoms with van der Waals surface area (Å²) in [4.78, 5) is 8.35. The minimum atomic E-state index is -0.275. The molecule has 3 rings (SSSR count). The average Bonchev–Trinajstić information content (AvgIpc) is 2.48. The maximum absolute atomic E-state index is 13.7. The molecule has 2 heterocycles. The predicted octanol–water partition coefficient (Wildman–Crippen LogP) is 3.77. The van der Waals surface area contributed by atoms with Gasteiger partial charge in [0.15, 0.2) is 0 Å². The summed E-state index contributed by atoms with van der Waals surface area (Å²) in [6.45, 7) is 0. The van der Waals surface area contributed by atoms with E-state index in [1.54, 1.807) is 42.7 Å². The van der Waals surface area contributed by atoms with E-state index < -0.39 is 0 Å². The maximum atomic E-state index is 13.7. The third-order valence-electron chi connectivity index (χ3n) is 2.92. The number of nitrogens with zero attached hydrogens (tertiary/aromatic N) is 2. The monoisotopic (exact) mass is 286 g/mol. The van der Waals surface area contributed by atoms with Crippen LogP contribution in [0.5, 0.6) is 5.75 Å². The van der Waals surface area contributed by atoms with Crippen molar-refractivity contribution in [2.75, 3.05) is 0 Å². The standard InChI is InChI=1S/C15H11FN2OS/c16-12-6-5-10(14-11(12)3-1-7-17-14)9-20-15-13(19)4-2-8-18-15/h1-8,19H,9H2. The molecule has 5 heteroatoms. The summed E-state index contributed by atoms with van der Waals surface area (Å²) in [7, 11) is 0. The van der Waals surface area contributed by atoms with Crippen molar-refractivity contribution in [1.82, 2.24) is 9.97 Å². The van der Waals surface area contributed by atoms with Crippen LogP contribution in [0, 0.1) is 5.82 Å². The van der Waals surface area contributed by atoms with Crippen molar-refractivity contribution in [2.24, 2.45) is 0 Å². The lowest BCUT2D eigenvalue weighted by atomic mass is 10.1. The van der Waals surface area contributed by atoms with Gasteiger partial charge >= 0.3 is 0 Å². The zero-order valence-corrected chi connectivity index (χ0v) is 11.3. The molecule has 0 fully saturated rings. The third kappa shape index (κ3) is 2.44. The molecule has 0 aliphatic rings. The Morgan fingerprint density at radius 3 is 2.70 bits per heavy atom. The summed E-state index contributed by atoms with van der Waals surface area (Å²) in [6, 6.07) is 9.86. The molecule has 3 nitrogen and oxygen atoms in total. The molecule has 0 bridgehead atoms. The molecule has 0 saturated heterocycles. The Hall–Kier alpha value is -2.14. The number of halogens is 1.